The number of hydrogen-bond acceptors (Lipinski definition) is 5. The molecular weight excluding hydrogens is 386 g/mol. The van der Waals surface area contributed by atoms with Gasteiger partial charge in [-0.3, -0.25) is 4.98 Å². The molecule has 0 amide bonds. The number of nitrogens with one attached hydrogen (secondary N) is 2. The Morgan fingerprint density at radius 1 is 1.10 bits per heavy atom. The lowest BCUT2D eigenvalue weighted by atomic mass is 9.93. The Balaban J connectivity index is 1.41. The fourth-order valence-corrected chi connectivity index (χ4v) is 4.67. The van der Waals surface area contributed by atoms with Gasteiger partial charge < -0.3 is 14.8 Å². The maximum Gasteiger partial charge on any atom is 0.226 e. The summed E-state index contributed by atoms with van der Waals surface area (Å²) in [6, 6.07) is 10.6. The van der Waals surface area contributed by atoms with E-state index in [0.29, 0.717) is 5.82 Å². The van der Waals surface area contributed by atoms with Crippen molar-refractivity contribution in [2.75, 3.05) is 13.1 Å². The number of piperidine rings is 1. The summed E-state index contributed by atoms with van der Waals surface area (Å²) in [5.41, 5.74) is 6.77. The highest BCUT2D eigenvalue weighted by Crippen LogP contribution is 2.33. The maximum absolute atomic E-state index is 5.57. The Hall–Kier alpha value is -2.99. The van der Waals surface area contributed by atoms with Crippen LogP contribution in [0, 0.1) is 12.8 Å². The number of aromatic amines is 1. The van der Waals surface area contributed by atoms with E-state index in [1.165, 1.54) is 29.4 Å². The van der Waals surface area contributed by atoms with Crippen LogP contribution in [0.15, 0.2) is 41.1 Å². The van der Waals surface area contributed by atoms with Gasteiger partial charge >= 0.3 is 0 Å². The molecule has 2 N–H and O–H groups in total. The highest BCUT2D eigenvalue weighted by molar-refractivity contribution is 5.93. The van der Waals surface area contributed by atoms with Crippen molar-refractivity contribution in [3.8, 4) is 22.6 Å². The van der Waals surface area contributed by atoms with Crippen LogP contribution in [0.5, 0.6) is 0 Å². The zero-order valence-electron chi connectivity index (χ0n) is 18.2. The summed E-state index contributed by atoms with van der Waals surface area (Å²) >= 11 is 0. The summed E-state index contributed by atoms with van der Waals surface area (Å²) in [5.74, 6) is 2.17. The summed E-state index contributed by atoms with van der Waals surface area (Å²) in [5, 5.41) is 8.91. The lowest BCUT2D eigenvalue weighted by Gasteiger charge is -2.21. The molecule has 1 saturated heterocycles. The average Bonchev–Trinajstić information content (AvgIpc) is 3.42. The van der Waals surface area contributed by atoms with Crippen LogP contribution in [-0.4, -0.2) is 33.2 Å². The minimum Gasteiger partial charge on any atom is -0.354 e. The molecular formula is C25H29N5O. The molecule has 1 aliphatic heterocycles. The Labute approximate surface area is 182 Å². The molecule has 4 aromatic rings. The fraction of sp³-hybridized carbons (Fsp3) is 0.400. The Morgan fingerprint density at radius 2 is 1.97 bits per heavy atom. The molecule has 0 atom stereocenters. The number of aromatic nitrogens is 4. The second-order valence-corrected chi connectivity index (χ2v) is 8.52. The van der Waals surface area contributed by atoms with Gasteiger partial charge in [-0.15, -0.1) is 0 Å². The van der Waals surface area contributed by atoms with E-state index in [0.717, 1.165) is 66.6 Å². The van der Waals surface area contributed by atoms with Crippen LogP contribution in [0.2, 0.25) is 0 Å². The summed E-state index contributed by atoms with van der Waals surface area (Å²) < 4.78 is 5.57. The number of pyridine rings is 1. The van der Waals surface area contributed by atoms with Crippen molar-refractivity contribution in [3.05, 3.63) is 53.7 Å². The molecule has 1 aromatic carbocycles. The third-order valence-electron chi connectivity index (χ3n) is 6.40. The molecule has 0 radical (unpaired) electrons. The standard InChI is InChI=1S/C25H29N5O/c1-3-20-21-15-19(5-6-22(21)28-24(20)18-10-13-27-16(2)14-18)25-29-23(31-30-25)7-4-17-8-11-26-12-9-17/h5-6,10,13-15,17,26,28H,3-4,7-9,11-12H2,1-2H3. The highest BCUT2D eigenvalue weighted by Gasteiger charge is 2.17. The van der Waals surface area contributed by atoms with Crippen molar-refractivity contribution >= 4 is 10.9 Å². The number of nitrogens with zero attached hydrogens (tertiary/aromatic N) is 3. The van der Waals surface area contributed by atoms with E-state index in [2.05, 4.69) is 57.7 Å². The zero-order chi connectivity index (χ0) is 21.2. The molecule has 1 fully saturated rings. The highest BCUT2D eigenvalue weighted by atomic mass is 16.5. The van der Waals surface area contributed by atoms with Gasteiger partial charge in [0.1, 0.15) is 0 Å². The Bertz CT molecular complexity index is 1190. The first-order valence-electron chi connectivity index (χ1n) is 11.3. The second-order valence-electron chi connectivity index (χ2n) is 8.52. The van der Waals surface area contributed by atoms with E-state index in [1.807, 2.05) is 13.1 Å². The zero-order valence-corrected chi connectivity index (χ0v) is 18.2. The predicted molar refractivity (Wildman–Crippen MR) is 123 cm³/mol. The summed E-state index contributed by atoms with van der Waals surface area (Å²) in [7, 11) is 0. The van der Waals surface area contributed by atoms with Crippen molar-refractivity contribution in [2.24, 2.45) is 5.92 Å². The molecule has 0 bridgehead atoms. The second kappa shape index (κ2) is 8.63. The quantitative estimate of drug-likeness (QED) is 0.459. The first kappa shape index (κ1) is 19.9. The molecule has 0 unspecified atom stereocenters. The lowest BCUT2D eigenvalue weighted by Crippen LogP contribution is -2.27. The van der Waals surface area contributed by atoms with Crippen molar-refractivity contribution in [2.45, 2.75) is 46.0 Å². The first-order chi connectivity index (χ1) is 15.2. The predicted octanol–water partition coefficient (Wildman–Crippen LogP) is 5.08. The van der Waals surface area contributed by atoms with Gasteiger partial charge in [-0.25, -0.2) is 0 Å². The van der Waals surface area contributed by atoms with Crippen LogP contribution in [0.1, 0.15) is 43.3 Å². The molecule has 3 aromatic heterocycles. The number of fused-ring (bicyclic) bond motifs is 1. The van der Waals surface area contributed by atoms with Crippen LogP contribution in [-0.2, 0) is 12.8 Å². The van der Waals surface area contributed by atoms with Gasteiger partial charge in [-0.1, -0.05) is 12.1 Å². The van der Waals surface area contributed by atoms with E-state index in [9.17, 15) is 0 Å². The van der Waals surface area contributed by atoms with Gasteiger partial charge in [0.25, 0.3) is 0 Å². The summed E-state index contributed by atoms with van der Waals surface area (Å²) in [6.45, 7) is 6.46. The van der Waals surface area contributed by atoms with Crippen LogP contribution < -0.4 is 5.32 Å². The third kappa shape index (κ3) is 4.12. The molecule has 5 rings (SSSR count). The molecule has 6 heteroatoms. The van der Waals surface area contributed by atoms with Crippen molar-refractivity contribution in [1.82, 2.24) is 25.4 Å². The third-order valence-corrected chi connectivity index (χ3v) is 6.40. The number of H-pyrrole nitrogens is 1. The van der Waals surface area contributed by atoms with Crippen molar-refractivity contribution in [1.29, 1.82) is 0 Å². The molecule has 0 spiro atoms. The minimum absolute atomic E-state index is 0.673. The molecule has 31 heavy (non-hydrogen) atoms. The Morgan fingerprint density at radius 3 is 2.77 bits per heavy atom. The van der Waals surface area contributed by atoms with Crippen LogP contribution in [0.25, 0.3) is 33.5 Å². The number of aryl methyl sites for hydroxylation is 3. The SMILES string of the molecule is CCc1c(-c2ccnc(C)c2)[nH]c2ccc(-c3noc(CCC4CCNCC4)n3)cc12. The molecule has 6 nitrogen and oxygen atoms in total. The van der Waals surface area contributed by atoms with E-state index < -0.39 is 0 Å². The van der Waals surface area contributed by atoms with Crippen LogP contribution >= 0.6 is 0 Å². The number of hydrogen-bond donors (Lipinski definition) is 2. The molecule has 160 valence electrons. The summed E-state index contributed by atoms with van der Waals surface area (Å²) in [6.07, 6.45) is 7.26. The average molecular weight is 416 g/mol. The van der Waals surface area contributed by atoms with Crippen LogP contribution in [0.3, 0.4) is 0 Å². The van der Waals surface area contributed by atoms with Gasteiger partial charge in [-0.05, 0) is 87.5 Å². The van der Waals surface area contributed by atoms with E-state index >= 15 is 0 Å². The maximum atomic E-state index is 5.57. The monoisotopic (exact) mass is 415 g/mol. The van der Waals surface area contributed by atoms with Gasteiger partial charge in [0.05, 0.1) is 0 Å². The molecule has 0 aliphatic carbocycles. The van der Waals surface area contributed by atoms with Crippen LogP contribution in [0.4, 0.5) is 0 Å². The van der Waals surface area contributed by atoms with Crippen molar-refractivity contribution in [3.63, 3.8) is 0 Å². The van der Waals surface area contributed by atoms with Gasteiger partial charge in [0, 0.05) is 46.0 Å². The molecule has 1 aliphatic rings. The minimum atomic E-state index is 0.673. The van der Waals surface area contributed by atoms with E-state index in [4.69, 9.17) is 9.51 Å². The van der Waals surface area contributed by atoms with Gasteiger partial charge in [-0.2, -0.15) is 4.98 Å². The Kier molecular flexibility index (Phi) is 5.55. The number of rotatable bonds is 6. The smallest absolute Gasteiger partial charge is 0.226 e. The topological polar surface area (TPSA) is 79.6 Å². The number of benzene rings is 1. The van der Waals surface area contributed by atoms with E-state index in [1.54, 1.807) is 0 Å². The van der Waals surface area contributed by atoms with E-state index in [-0.39, 0.29) is 0 Å². The lowest BCUT2D eigenvalue weighted by molar-refractivity contribution is 0.324. The van der Waals surface area contributed by atoms with Crippen molar-refractivity contribution < 1.29 is 4.52 Å². The normalized spacial score (nSPS) is 15.0. The van der Waals surface area contributed by atoms with Gasteiger partial charge in [0.15, 0.2) is 0 Å². The molecule has 4 heterocycles. The summed E-state index contributed by atoms with van der Waals surface area (Å²) in [4.78, 5) is 12.6. The largest absolute Gasteiger partial charge is 0.354 e. The fourth-order valence-electron chi connectivity index (χ4n) is 4.67. The molecule has 0 saturated carbocycles. The first-order valence-corrected chi connectivity index (χ1v) is 11.3. The van der Waals surface area contributed by atoms with Gasteiger partial charge in [0.2, 0.25) is 11.7 Å².